The number of aliphatic carboxylic acids is 1. The Morgan fingerprint density at radius 1 is 1.42 bits per heavy atom. The number of benzene rings is 1. The topological polar surface area (TPSA) is 63.3 Å². The van der Waals surface area contributed by atoms with Crippen molar-refractivity contribution >= 4 is 5.97 Å². The first-order chi connectivity index (χ1) is 9.15. The lowest BCUT2D eigenvalue weighted by Gasteiger charge is -2.15. The first-order valence-corrected chi connectivity index (χ1v) is 6.42. The smallest absolute Gasteiger partial charge is 0.306 e. The molecule has 0 saturated heterocycles. The number of fused-ring (bicyclic) bond motifs is 1. The number of aromatic nitrogens is 1. The van der Waals surface area contributed by atoms with E-state index in [4.69, 9.17) is 9.52 Å². The molecular weight excluding hydrogens is 242 g/mol. The highest BCUT2D eigenvalue weighted by atomic mass is 16.4. The van der Waals surface area contributed by atoms with Crippen molar-refractivity contribution in [1.29, 1.82) is 0 Å². The summed E-state index contributed by atoms with van der Waals surface area (Å²) in [6.07, 6.45) is 1.76. The second-order valence-corrected chi connectivity index (χ2v) is 4.98. The zero-order valence-electron chi connectivity index (χ0n) is 10.7. The van der Waals surface area contributed by atoms with Crippen molar-refractivity contribution in [2.24, 2.45) is 5.92 Å². The molecular formula is C15H15NO3. The predicted octanol–water partition coefficient (Wildman–Crippen LogP) is 2.84. The molecule has 4 nitrogen and oxygen atoms in total. The van der Waals surface area contributed by atoms with Crippen LogP contribution in [0.5, 0.6) is 0 Å². The Balaban J connectivity index is 1.96. The Labute approximate surface area is 111 Å². The molecule has 1 aliphatic rings. The normalized spacial score (nSPS) is 18.1. The van der Waals surface area contributed by atoms with Gasteiger partial charge in [0.05, 0.1) is 11.6 Å². The maximum absolute atomic E-state index is 11.0. The molecule has 0 radical (unpaired) electrons. The average molecular weight is 257 g/mol. The van der Waals surface area contributed by atoms with Gasteiger partial charge in [-0.1, -0.05) is 18.2 Å². The van der Waals surface area contributed by atoms with Gasteiger partial charge in [0, 0.05) is 18.4 Å². The summed E-state index contributed by atoms with van der Waals surface area (Å²) in [4.78, 5) is 15.5. The van der Waals surface area contributed by atoms with Crippen LogP contribution in [0.25, 0.3) is 11.5 Å². The van der Waals surface area contributed by atoms with E-state index in [0.717, 1.165) is 22.6 Å². The van der Waals surface area contributed by atoms with Crippen LogP contribution in [0, 0.1) is 12.8 Å². The summed E-state index contributed by atoms with van der Waals surface area (Å²) in [6.45, 7) is 2.01. The van der Waals surface area contributed by atoms with E-state index < -0.39 is 5.97 Å². The molecule has 0 amide bonds. The minimum absolute atomic E-state index is 0.331. The lowest BCUT2D eigenvalue weighted by atomic mass is 9.90. The highest BCUT2D eigenvalue weighted by Crippen LogP contribution is 2.31. The van der Waals surface area contributed by atoms with E-state index >= 15 is 0 Å². The summed E-state index contributed by atoms with van der Waals surface area (Å²) >= 11 is 0. The molecule has 2 aromatic rings. The number of carbonyl (C=O) groups is 1. The summed E-state index contributed by atoms with van der Waals surface area (Å²) in [6, 6.07) is 7.91. The van der Waals surface area contributed by atoms with Gasteiger partial charge >= 0.3 is 5.97 Å². The standard InChI is InChI=1S/C15H15NO3/c1-9-4-2-3-5-11(9)14-16-12-8-10(15(17)18)6-7-13(12)19-14/h2-5,10H,6-8H2,1H3,(H,17,18). The summed E-state index contributed by atoms with van der Waals surface area (Å²) in [5.41, 5.74) is 2.89. The minimum atomic E-state index is -0.744. The molecule has 3 rings (SSSR count). The SMILES string of the molecule is Cc1ccccc1-c1nc2c(o1)CCC(C(=O)O)C2. The first kappa shape index (κ1) is 12.0. The Kier molecular flexibility index (Phi) is 2.85. The Hall–Kier alpha value is -2.10. The molecule has 1 N–H and O–H groups in total. The number of nitrogens with zero attached hydrogens (tertiary/aromatic N) is 1. The second-order valence-electron chi connectivity index (χ2n) is 4.98. The molecule has 1 atom stereocenters. The molecule has 1 aromatic carbocycles. The van der Waals surface area contributed by atoms with Gasteiger partial charge in [0.2, 0.25) is 5.89 Å². The van der Waals surface area contributed by atoms with E-state index in [1.54, 1.807) is 0 Å². The quantitative estimate of drug-likeness (QED) is 0.898. The number of carboxylic acid groups (broad SMARTS) is 1. The molecule has 1 aliphatic carbocycles. The lowest BCUT2D eigenvalue weighted by Crippen LogP contribution is -2.21. The second kappa shape index (κ2) is 4.53. The van der Waals surface area contributed by atoms with Crippen LogP contribution in [0.15, 0.2) is 28.7 Å². The lowest BCUT2D eigenvalue weighted by molar-refractivity contribution is -0.142. The number of aryl methyl sites for hydroxylation is 2. The third-order valence-electron chi connectivity index (χ3n) is 3.66. The average Bonchev–Trinajstić information content (AvgIpc) is 2.81. The van der Waals surface area contributed by atoms with Crippen LogP contribution < -0.4 is 0 Å². The van der Waals surface area contributed by atoms with Gasteiger partial charge in [-0.05, 0) is 25.0 Å². The first-order valence-electron chi connectivity index (χ1n) is 6.42. The maximum atomic E-state index is 11.0. The summed E-state index contributed by atoms with van der Waals surface area (Å²) < 4.78 is 5.80. The van der Waals surface area contributed by atoms with Gasteiger partial charge in [-0.15, -0.1) is 0 Å². The summed E-state index contributed by atoms with van der Waals surface area (Å²) in [5.74, 6) is 0.373. The molecule has 98 valence electrons. The Morgan fingerprint density at radius 2 is 2.21 bits per heavy atom. The van der Waals surface area contributed by atoms with Gasteiger partial charge in [-0.3, -0.25) is 4.79 Å². The van der Waals surface area contributed by atoms with Crippen molar-refractivity contribution in [1.82, 2.24) is 4.98 Å². The van der Waals surface area contributed by atoms with E-state index in [1.807, 2.05) is 31.2 Å². The van der Waals surface area contributed by atoms with E-state index in [9.17, 15) is 4.79 Å². The predicted molar refractivity (Wildman–Crippen MR) is 69.8 cm³/mol. The molecule has 1 heterocycles. The fourth-order valence-corrected chi connectivity index (χ4v) is 2.52. The molecule has 4 heteroatoms. The molecule has 0 spiro atoms. The third-order valence-corrected chi connectivity index (χ3v) is 3.66. The Bertz CT molecular complexity index is 630. The zero-order chi connectivity index (χ0) is 13.4. The van der Waals surface area contributed by atoms with Gasteiger partial charge in [-0.25, -0.2) is 4.98 Å². The third kappa shape index (κ3) is 2.14. The van der Waals surface area contributed by atoms with Crippen molar-refractivity contribution in [3.05, 3.63) is 41.3 Å². The van der Waals surface area contributed by atoms with Crippen LogP contribution in [0.4, 0.5) is 0 Å². The summed E-state index contributed by atoms with van der Waals surface area (Å²) in [7, 11) is 0. The van der Waals surface area contributed by atoms with Gasteiger partial charge in [0.15, 0.2) is 0 Å². The van der Waals surface area contributed by atoms with E-state index in [-0.39, 0.29) is 5.92 Å². The van der Waals surface area contributed by atoms with Crippen molar-refractivity contribution < 1.29 is 14.3 Å². The molecule has 19 heavy (non-hydrogen) atoms. The Morgan fingerprint density at radius 3 is 2.95 bits per heavy atom. The van der Waals surface area contributed by atoms with Crippen LogP contribution in [0.3, 0.4) is 0 Å². The van der Waals surface area contributed by atoms with Crippen molar-refractivity contribution in [2.45, 2.75) is 26.2 Å². The van der Waals surface area contributed by atoms with Crippen LogP contribution in [-0.4, -0.2) is 16.1 Å². The zero-order valence-corrected chi connectivity index (χ0v) is 10.7. The molecule has 0 fully saturated rings. The highest BCUT2D eigenvalue weighted by molar-refractivity contribution is 5.71. The van der Waals surface area contributed by atoms with Crippen molar-refractivity contribution in [3.63, 3.8) is 0 Å². The highest BCUT2D eigenvalue weighted by Gasteiger charge is 2.28. The monoisotopic (exact) mass is 257 g/mol. The largest absolute Gasteiger partial charge is 0.481 e. The van der Waals surface area contributed by atoms with Gasteiger partial charge in [0.25, 0.3) is 0 Å². The number of hydrogen-bond acceptors (Lipinski definition) is 3. The maximum Gasteiger partial charge on any atom is 0.306 e. The van der Waals surface area contributed by atoms with Crippen molar-refractivity contribution in [3.8, 4) is 11.5 Å². The molecule has 0 aliphatic heterocycles. The molecule has 1 unspecified atom stereocenters. The molecule has 1 aromatic heterocycles. The van der Waals surface area contributed by atoms with E-state index in [0.29, 0.717) is 25.2 Å². The van der Waals surface area contributed by atoms with Gasteiger partial charge in [-0.2, -0.15) is 0 Å². The number of rotatable bonds is 2. The van der Waals surface area contributed by atoms with Crippen LogP contribution in [0.2, 0.25) is 0 Å². The number of carboxylic acids is 1. The van der Waals surface area contributed by atoms with E-state index in [1.165, 1.54) is 0 Å². The molecule has 0 bridgehead atoms. The van der Waals surface area contributed by atoms with Crippen molar-refractivity contribution in [2.75, 3.05) is 0 Å². The fourth-order valence-electron chi connectivity index (χ4n) is 2.52. The number of hydrogen-bond donors (Lipinski definition) is 1. The summed E-state index contributed by atoms with van der Waals surface area (Å²) in [5, 5.41) is 9.07. The van der Waals surface area contributed by atoms with E-state index in [2.05, 4.69) is 4.98 Å². The van der Waals surface area contributed by atoms with Crippen LogP contribution in [0.1, 0.15) is 23.4 Å². The molecule has 0 saturated carbocycles. The van der Waals surface area contributed by atoms with Gasteiger partial charge in [0.1, 0.15) is 5.76 Å². The van der Waals surface area contributed by atoms with Crippen LogP contribution in [-0.2, 0) is 17.6 Å². The van der Waals surface area contributed by atoms with Gasteiger partial charge < -0.3 is 9.52 Å². The van der Waals surface area contributed by atoms with Crippen LogP contribution >= 0.6 is 0 Å². The number of oxazole rings is 1. The minimum Gasteiger partial charge on any atom is -0.481 e. The fraction of sp³-hybridized carbons (Fsp3) is 0.333.